The third-order valence-electron chi connectivity index (χ3n) is 4.00. The quantitative estimate of drug-likeness (QED) is 0.889. The molecule has 1 aliphatic rings. The molecule has 1 aromatic heterocycles. The van der Waals surface area contributed by atoms with Crippen LogP contribution in [0.2, 0.25) is 0 Å². The van der Waals surface area contributed by atoms with E-state index in [4.69, 9.17) is 0 Å². The van der Waals surface area contributed by atoms with Crippen molar-refractivity contribution in [1.82, 2.24) is 0 Å². The molecule has 0 saturated heterocycles. The van der Waals surface area contributed by atoms with Crippen molar-refractivity contribution < 1.29 is 9.90 Å². The average Bonchev–Trinajstić information content (AvgIpc) is 2.92. The molecule has 1 unspecified atom stereocenters. The number of benzene rings is 1. The minimum atomic E-state index is -0.633. The summed E-state index contributed by atoms with van der Waals surface area (Å²) in [6, 6.07) is 7.70. The molecule has 3 rings (SSSR count). The van der Waals surface area contributed by atoms with Gasteiger partial charge in [0.05, 0.1) is 5.41 Å². The van der Waals surface area contributed by atoms with E-state index in [1.807, 2.05) is 50.4 Å². The lowest BCUT2D eigenvalue weighted by atomic mass is 9.85. The first-order valence-corrected chi connectivity index (χ1v) is 7.47. The Morgan fingerprint density at radius 2 is 2.05 bits per heavy atom. The van der Waals surface area contributed by atoms with Crippen molar-refractivity contribution in [3.05, 3.63) is 51.2 Å². The molecule has 3 nitrogen and oxygen atoms in total. The van der Waals surface area contributed by atoms with E-state index in [0.717, 1.165) is 27.3 Å². The van der Waals surface area contributed by atoms with Gasteiger partial charge in [0.2, 0.25) is 5.91 Å². The van der Waals surface area contributed by atoms with Gasteiger partial charge < -0.3 is 10.4 Å². The van der Waals surface area contributed by atoms with Gasteiger partial charge in [0.25, 0.3) is 0 Å². The molecule has 0 saturated carbocycles. The monoisotopic (exact) mass is 287 g/mol. The maximum Gasteiger partial charge on any atom is 0.234 e. The number of hydrogen-bond acceptors (Lipinski definition) is 3. The Kier molecular flexibility index (Phi) is 2.96. The number of rotatable bonds is 2. The topological polar surface area (TPSA) is 49.3 Å². The Hall–Kier alpha value is -1.65. The number of anilines is 1. The summed E-state index contributed by atoms with van der Waals surface area (Å²) in [6.45, 7) is 5.80. The molecule has 2 N–H and O–H groups in total. The molecule has 2 aromatic rings. The van der Waals surface area contributed by atoms with Crippen LogP contribution < -0.4 is 5.32 Å². The lowest BCUT2D eigenvalue weighted by Gasteiger charge is -2.17. The third-order valence-corrected chi connectivity index (χ3v) is 5.07. The molecular weight excluding hydrogens is 270 g/mol. The Labute approximate surface area is 122 Å². The number of aliphatic hydroxyl groups is 1. The van der Waals surface area contributed by atoms with Crippen LogP contribution in [0.3, 0.4) is 0 Å². The molecule has 0 fully saturated rings. The Morgan fingerprint density at radius 3 is 2.70 bits per heavy atom. The molecule has 1 aromatic carbocycles. The van der Waals surface area contributed by atoms with Crippen LogP contribution in [0.4, 0.5) is 5.69 Å². The summed E-state index contributed by atoms with van der Waals surface area (Å²) in [5.41, 5.74) is 3.18. The lowest BCUT2D eigenvalue weighted by Crippen LogP contribution is -2.26. The second-order valence-electron chi connectivity index (χ2n) is 5.75. The summed E-state index contributed by atoms with van der Waals surface area (Å²) >= 11 is 1.55. The molecule has 0 radical (unpaired) electrons. The van der Waals surface area contributed by atoms with Gasteiger partial charge in [-0.1, -0.05) is 6.07 Å². The molecule has 20 heavy (non-hydrogen) atoms. The minimum Gasteiger partial charge on any atom is -0.383 e. The van der Waals surface area contributed by atoms with Gasteiger partial charge >= 0.3 is 0 Å². The first kappa shape index (κ1) is 13.3. The van der Waals surface area contributed by atoms with Crippen molar-refractivity contribution in [2.75, 3.05) is 5.32 Å². The normalized spacial score (nSPS) is 17.7. The van der Waals surface area contributed by atoms with E-state index in [9.17, 15) is 9.90 Å². The molecular formula is C16H17NO2S. The number of aryl methyl sites for hydroxylation is 1. The second kappa shape index (κ2) is 4.43. The Balaban J connectivity index is 2.04. The fourth-order valence-corrected chi connectivity index (χ4v) is 3.51. The number of carbonyl (C=O) groups excluding carboxylic acids is 1. The van der Waals surface area contributed by atoms with Gasteiger partial charge in [-0.25, -0.2) is 0 Å². The standard InChI is InChI=1S/C16H17NO2S/c1-9-6-7-20-14(9)13(18)10-4-5-12-11(8-10)16(2,3)15(19)17-12/h4-8,13,18H,1-3H3,(H,17,19). The molecule has 0 bridgehead atoms. The number of carbonyl (C=O) groups is 1. The van der Waals surface area contributed by atoms with Crippen molar-refractivity contribution in [3.8, 4) is 0 Å². The van der Waals surface area contributed by atoms with Crippen LogP contribution in [0.15, 0.2) is 29.6 Å². The van der Waals surface area contributed by atoms with Gasteiger partial charge in [0, 0.05) is 10.6 Å². The molecule has 0 aliphatic carbocycles. The zero-order valence-corrected chi connectivity index (χ0v) is 12.5. The van der Waals surface area contributed by atoms with Crippen LogP contribution in [-0.2, 0) is 10.2 Å². The highest BCUT2D eigenvalue weighted by atomic mass is 32.1. The summed E-state index contributed by atoms with van der Waals surface area (Å²) in [6.07, 6.45) is -0.633. The predicted octanol–water partition coefficient (Wildman–Crippen LogP) is 3.37. The van der Waals surface area contributed by atoms with Crippen molar-refractivity contribution in [2.24, 2.45) is 0 Å². The zero-order valence-electron chi connectivity index (χ0n) is 11.7. The minimum absolute atomic E-state index is 0.00597. The smallest absolute Gasteiger partial charge is 0.234 e. The number of hydrogen-bond donors (Lipinski definition) is 2. The van der Waals surface area contributed by atoms with Crippen LogP contribution in [0, 0.1) is 6.92 Å². The summed E-state index contributed by atoms with van der Waals surface area (Å²) in [5.74, 6) is 0.00597. The summed E-state index contributed by atoms with van der Waals surface area (Å²) in [5, 5.41) is 15.4. The van der Waals surface area contributed by atoms with E-state index >= 15 is 0 Å². The van der Waals surface area contributed by atoms with Gasteiger partial charge in [-0.15, -0.1) is 11.3 Å². The highest BCUT2D eigenvalue weighted by Gasteiger charge is 2.38. The second-order valence-corrected chi connectivity index (χ2v) is 6.70. The number of amides is 1. The van der Waals surface area contributed by atoms with E-state index in [2.05, 4.69) is 5.32 Å². The molecule has 1 aliphatic heterocycles. The fraction of sp³-hybridized carbons (Fsp3) is 0.312. The van der Waals surface area contributed by atoms with Gasteiger partial charge in [-0.05, 0) is 61.0 Å². The molecule has 1 amide bonds. The predicted molar refractivity (Wildman–Crippen MR) is 81.2 cm³/mol. The highest BCUT2D eigenvalue weighted by molar-refractivity contribution is 7.10. The van der Waals surface area contributed by atoms with E-state index in [1.54, 1.807) is 11.3 Å². The SMILES string of the molecule is Cc1ccsc1C(O)c1ccc2c(c1)C(C)(C)C(=O)N2. The Bertz CT molecular complexity index is 688. The fourth-order valence-electron chi connectivity index (χ4n) is 2.57. The first-order valence-electron chi connectivity index (χ1n) is 6.59. The summed E-state index contributed by atoms with van der Waals surface area (Å²) in [7, 11) is 0. The van der Waals surface area contributed by atoms with Gasteiger partial charge in [0.15, 0.2) is 0 Å². The molecule has 0 spiro atoms. The maximum atomic E-state index is 11.9. The Morgan fingerprint density at radius 1 is 1.30 bits per heavy atom. The van der Waals surface area contributed by atoms with Gasteiger partial charge in [-0.3, -0.25) is 4.79 Å². The zero-order chi connectivity index (χ0) is 14.5. The number of nitrogens with one attached hydrogen (secondary N) is 1. The van der Waals surface area contributed by atoms with E-state index in [1.165, 1.54) is 0 Å². The van der Waals surface area contributed by atoms with Gasteiger partial charge in [0.1, 0.15) is 6.10 Å². The molecule has 4 heteroatoms. The average molecular weight is 287 g/mol. The van der Waals surface area contributed by atoms with E-state index in [-0.39, 0.29) is 5.91 Å². The number of fused-ring (bicyclic) bond motifs is 1. The first-order chi connectivity index (χ1) is 9.41. The maximum absolute atomic E-state index is 11.9. The van der Waals surface area contributed by atoms with E-state index < -0.39 is 11.5 Å². The van der Waals surface area contributed by atoms with E-state index in [0.29, 0.717) is 0 Å². The van der Waals surface area contributed by atoms with Crippen molar-refractivity contribution in [1.29, 1.82) is 0 Å². The molecule has 104 valence electrons. The van der Waals surface area contributed by atoms with Crippen molar-refractivity contribution in [2.45, 2.75) is 32.3 Å². The van der Waals surface area contributed by atoms with Crippen LogP contribution >= 0.6 is 11.3 Å². The van der Waals surface area contributed by atoms with Gasteiger partial charge in [-0.2, -0.15) is 0 Å². The highest BCUT2D eigenvalue weighted by Crippen LogP contribution is 2.40. The summed E-state index contributed by atoms with van der Waals surface area (Å²) < 4.78 is 0. The van der Waals surface area contributed by atoms with Crippen LogP contribution in [-0.4, -0.2) is 11.0 Å². The lowest BCUT2D eigenvalue weighted by molar-refractivity contribution is -0.119. The molecule has 2 heterocycles. The number of thiophene rings is 1. The van der Waals surface area contributed by atoms with Crippen LogP contribution in [0.1, 0.15) is 41.5 Å². The summed E-state index contributed by atoms with van der Waals surface area (Å²) in [4.78, 5) is 12.9. The number of aliphatic hydroxyl groups excluding tert-OH is 1. The molecule has 1 atom stereocenters. The van der Waals surface area contributed by atoms with Crippen molar-refractivity contribution in [3.63, 3.8) is 0 Å². The van der Waals surface area contributed by atoms with Crippen LogP contribution in [0.25, 0.3) is 0 Å². The van der Waals surface area contributed by atoms with Crippen LogP contribution in [0.5, 0.6) is 0 Å². The third kappa shape index (κ3) is 1.87. The van der Waals surface area contributed by atoms with Crippen molar-refractivity contribution >= 4 is 22.9 Å². The largest absolute Gasteiger partial charge is 0.383 e.